The number of aryl methyl sites for hydroxylation is 1. The van der Waals surface area contributed by atoms with Gasteiger partial charge in [-0.05, 0) is 50.0 Å². The van der Waals surface area contributed by atoms with E-state index in [-0.39, 0.29) is 18.7 Å². The summed E-state index contributed by atoms with van der Waals surface area (Å²) in [5.41, 5.74) is 8.83. The third-order valence-electron chi connectivity index (χ3n) is 5.14. The summed E-state index contributed by atoms with van der Waals surface area (Å²) >= 11 is 0. The molecule has 4 N–H and O–H groups in total. The molecule has 11 heteroatoms. The highest BCUT2D eigenvalue weighted by Gasteiger charge is 2.18. The summed E-state index contributed by atoms with van der Waals surface area (Å²) in [5.74, 6) is 6.82. The topological polar surface area (TPSA) is 139 Å². The molecule has 2 heterocycles. The molecule has 0 bridgehead atoms. The van der Waals surface area contributed by atoms with Crippen molar-refractivity contribution in [2.24, 2.45) is 11.6 Å². The molecule has 0 atom stereocenters. The second kappa shape index (κ2) is 10.9. The maximum Gasteiger partial charge on any atom is 0.356 e. The predicted octanol–water partition coefficient (Wildman–Crippen LogP) is 1.25. The van der Waals surface area contributed by atoms with Crippen LogP contribution >= 0.6 is 0 Å². The van der Waals surface area contributed by atoms with Gasteiger partial charge in [-0.2, -0.15) is 4.80 Å². The zero-order valence-electron chi connectivity index (χ0n) is 18.5. The van der Waals surface area contributed by atoms with Crippen LogP contribution in [0.4, 0.5) is 0 Å². The minimum absolute atomic E-state index is 0.160. The molecular formula is C20H32N8O3. The Hall–Kier alpha value is -2.92. The molecule has 1 fully saturated rings. The van der Waals surface area contributed by atoms with Gasteiger partial charge in [0.15, 0.2) is 0 Å². The number of hydrazine groups is 1. The summed E-state index contributed by atoms with van der Waals surface area (Å²) in [6.07, 6.45) is 6.16. The number of ether oxygens (including phenoxy) is 3. The summed E-state index contributed by atoms with van der Waals surface area (Å²) in [6.45, 7) is 2.90. The molecule has 31 heavy (non-hydrogen) atoms. The Morgan fingerprint density at radius 2 is 2.00 bits per heavy atom. The molecule has 0 aromatic carbocycles. The fraction of sp³-hybridized carbons (Fsp3) is 0.600. The maximum absolute atomic E-state index is 6.41. The van der Waals surface area contributed by atoms with Gasteiger partial charge in [-0.15, -0.1) is 0 Å². The molecule has 2 aromatic rings. The van der Waals surface area contributed by atoms with Crippen molar-refractivity contribution in [2.45, 2.75) is 51.7 Å². The highest BCUT2D eigenvalue weighted by atomic mass is 16.5. The summed E-state index contributed by atoms with van der Waals surface area (Å²) in [5, 5.41) is 13.5. The number of nitrogens with zero attached hydrogens (tertiary/aromatic N) is 6. The molecule has 3 rings (SSSR count). The number of nitrogens with two attached hydrogens (primary N) is 2. The second-order valence-electron chi connectivity index (χ2n) is 7.57. The predicted molar refractivity (Wildman–Crippen MR) is 115 cm³/mol. The standard InChI is InChI=1S/C20H32N8O3/c1-14-18(31-15-7-5-4-6-8-15)10-9-16(23-14)19(21)17(27(2)22)13-28-25-20(24-26-28)30-12-11-29-3/h9-10,15H,4-8,11-13,21-22H2,1-3H3/b19-17-. The smallest absolute Gasteiger partial charge is 0.356 e. The lowest BCUT2D eigenvalue weighted by molar-refractivity contribution is 0.140. The third kappa shape index (κ3) is 6.28. The van der Waals surface area contributed by atoms with Crippen LogP contribution in [0.1, 0.15) is 43.5 Å². The van der Waals surface area contributed by atoms with E-state index in [2.05, 4.69) is 20.4 Å². The van der Waals surface area contributed by atoms with Crippen LogP contribution in [-0.4, -0.2) is 63.7 Å². The van der Waals surface area contributed by atoms with Crippen molar-refractivity contribution in [3.05, 3.63) is 29.2 Å². The van der Waals surface area contributed by atoms with E-state index in [1.165, 1.54) is 29.1 Å². The van der Waals surface area contributed by atoms with E-state index in [1.807, 2.05) is 19.1 Å². The average Bonchev–Trinajstić information content (AvgIpc) is 3.21. The van der Waals surface area contributed by atoms with E-state index in [9.17, 15) is 0 Å². The van der Waals surface area contributed by atoms with Gasteiger partial charge in [0.1, 0.15) is 18.9 Å². The normalized spacial score (nSPS) is 15.5. The molecule has 170 valence electrons. The lowest BCUT2D eigenvalue weighted by Gasteiger charge is -2.24. The van der Waals surface area contributed by atoms with Crippen LogP contribution in [0.15, 0.2) is 17.8 Å². The molecule has 1 aliphatic carbocycles. The molecule has 0 spiro atoms. The Morgan fingerprint density at radius 1 is 1.23 bits per heavy atom. The van der Waals surface area contributed by atoms with Crippen LogP contribution in [0, 0.1) is 6.92 Å². The van der Waals surface area contributed by atoms with E-state index in [4.69, 9.17) is 25.8 Å². The molecule has 11 nitrogen and oxygen atoms in total. The van der Waals surface area contributed by atoms with Crippen molar-refractivity contribution in [3.63, 3.8) is 0 Å². The first kappa shape index (κ1) is 22.8. The number of likely N-dealkylation sites (N-methyl/N-ethyl adjacent to an activating group) is 1. The van der Waals surface area contributed by atoms with E-state index < -0.39 is 0 Å². The van der Waals surface area contributed by atoms with Gasteiger partial charge in [-0.1, -0.05) is 16.6 Å². The molecular weight excluding hydrogens is 400 g/mol. The highest BCUT2D eigenvalue weighted by Crippen LogP contribution is 2.26. The lowest BCUT2D eigenvalue weighted by Crippen LogP contribution is -2.31. The number of rotatable bonds is 10. The average molecular weight is 433 g/mol. The second-order valence-corrected chi connectivity index (χ2v) is 7.57. The molecule has 1 aliphatic rings. The Balaban J connectivity index is 1.73. The fourth-order valence-corrected chi connectivity index (χ4v) is 3.42. The summed E-state index contributed by atoms with van der Waals surface area (Å²) in [6, 6.07) is 3.92. The lowest BCUT2D eigenvalue weighted by atomic mass is 9.98. The van der Waals surface area contributed by atoms with E-state index >= 15 is 0 Å². The summed E-state index contributed by atoms with van der Waals surface area (Å²) < 4.78 is 16.5. The first-order valence-corrected chi connectivity index (χ1v) is 10.5. The van der Waals surface area contributed by atoms with Crippen molar-refractivity contribution in [2.75, 3.05) is 27.4 Å². The molecule has 0 unspecified atom stereocenters. The summed E-state index contributed by atoms with van der Waals surface area (Å²) in [7, 11) is 3.29. The van der Waals surface area contributed by atoms with Crippen LogP contribution in [0.2, 0.25) is 0 Å². The van der Waals surface area contributed by atoms with Crippen LogP contribution in [0.25, 0.3) is 5.70 Å². The molecule has 0 saturated heterocycles. The zero-order valence-corrected chi connectivity index (χ0v) is 18.5. The van der Waals surface area contributed by atoms with Gasteiger partial charge in [-0.25, -0.2) is 10.8 Å². The van der Waals surface area contributed by atoms with Crippen molar-refractivity contribution in [3.8, 4) is 11.8 Å². The Bertz CT molecular complexity index is 877. The van der Waals surface area contributed by atoms with Gasteiger partial charge < -0.3 is 25.0 Å². The largest absolute Gasteiger partial charge is 0.489 e. The maximum atomic E-state index is 6.41. The molecule has 0 amide bonds. The number of hydrogen-bond donors (Lipinski definition) is 2. The molecule has 2 aromatic heterocycles. The molecule has 0 radical (unpaired) electrons. The van der Waals surface area contributed by atoms with Gasteiger partial charge in [0.25, 0.3) is 0 Å². The zero-order chi connectivity index (χ0) is 22.2. The highest BCUT2D eigenvalue weighted by molar-refractivity contribution is 5.63. The van der Waals surface area contributed by atoms with E-state index in [0.717, 1.165) is 24.3 Å². The van der Waals surface area contributed by atoms with Gasteiger partial charge in [0.2, 0.25) is 0 Å². The minimum atomic E-state index is 0.160. The Kier molecular flexibility index (Phi) is 8.01. The monoisotopic (exact) mass is 432 g/mol. The first-order valence-electron chi connectivity index (χ1n) is 10.5. The Morgan fingerprint density at radius 3 is 2.68 bits per heavy atom. The van der Waals surface area contributed by atoms with Crippen molar-refractivity contribution < 1.29 is 14.2 Å². The van der Waals surface area contributed by atoms with Gasteiger partial charge in [0.05, 0.1) is 35.5 Å². The van der Waals surface area contributed by atoms with Crippen LogP contribution in [0.3, 0.4) is 0 Å². The van der Waals surface area contributed by atoms with Crippen LogP contribution in [-0.2, 0) is 11.3 Å². The number of hydrogen-bond acceptors (Lipinski definition) is 10. The molecule has 0 aliphatic heterocycles. The quantitative estimate of drug-likeness (QED) is 0.320. The van der Waals surface area contributed by atoms with Crippen molar-refractivity contribution in [1.29, 1.82) is 0 Å². The first-order chi connectivity index (χ1) is 15.0. The van der Waals surface area contributed by atoms with Crippen LogP contribution < -0.4 is 21.1 Å². The van der Waals surface area contributed by atoms with Gasteiger partial charge >= 0.3 is 6.01 Å². The number of tetrazole rings is 1. The SMILES string of the molecule is COCCOc1nnn(C/C(=C(/N)c2ccc(OC3CCCCC3)c(C)n2)N(C)N)n1. The molecule has 1 saturated carbocycles. The number of methoxy groups -OCH3 is 1. The Labute approximate surface area is 182 Å². The fourth-order valence-electron chi connectivity index (χ4n) is 3.42. The van der Waals surface area contributed by atoms with Gasteiger partial charge in [0, 0.05) is 14.2 Å². The van der Waals surface area contributed by atoms with Crippen LogP contribution in [0.5, 0.6) is 11.8 Å². The van der Waals surface area contributed by atoms with Gasteiger partial charge in [-0.3, -0.25) is 0 Å². The van der Waals surface area contributed by atoms with Crippen molar-refractivity contribution >= 4 is 5.70 Å². The number of allylic oxidation sites excluding steroid dienone is 1. The minimum Gasteiger partial charge on any atom is -0.489 e. The third-order valence-corrected chi connectivity index (χ3v) is 5.14. The number of pyridine rings is 1. The summed E-state index contributed by atoms with van der Waals surface area (Å²) in [4.78, 5) is 6.01. The van der Waals surface area contributed by atoms with Crippen molar-refractivity contribution in [1.82, 2.24) is 30.2 Å². The number of aromatic nitrogens is 5. The van der Waals surface area contributed by atoms with E-state index in [1.54, 1.807) is 14.2 Å². The van der Waals surface area contributed by atoms with E-state index in [0.29, 0.717) is 30.3 Å².